The predicted octanol–water partition coefficient (Wildman–Crippen LogP) is 3.21. The minimum Gasteiger partial charge on any atom is -0.390 e. The molecule has 0 aromatic carbocycles. The van der Waals surface area contributed by atoms with Gasteiger partial charge in [0.1, 0.15) is 0 Å². The van der Waals surface area contributed by atoms with Crippen LogP contribution in [0, 0.1) is 5.92 Å². The summed E-state index contributed by atoms with van der Waals surface area (Å²) < 4.78 is 0. The molecular formula is C12H22OS. The molecule has 82 valence electrons. The molecule has 0 radical (unpaired) electrons. The summed E-state index contributed by atoms with van der Waals surface area (Å²) in [4.78, 5) is 0. The lowest BCUT2D eigenvalue weighted by molar-refractivity contribution is -0.0447. The number of fused-ring (bicyclic) bond motifs is 1. The van der Waals surface area contributed by atoms with E-state index in [0.717, 1.165) is 18.1 Å². The van der Waals surface area contributed by atoms with E-state index in [-0.39, 0.29) is 5.60 Å². The average molecular weight is 214 g/mol. The fourth-order valence-corrected chi connectivity index (χ4v) is 5.14. The second-order valence-electron chi connectivity index (χ2n) is 5.04. The normalized spacial score (nSPS) is 48.6. The van der Waals surface area contributed by atoms with Crippen LogP contribution in [-0.4, -0.2) is 21.2 Å². The Morgan fingerprint density at radius 3 is 2.79 bits per heavy atom. The first-order valence-electron chi connectivity index (χ1n) is 6.03. The minimum absolute atomic E-state index is 0.338. The number of hydrogen-bond acceptors (Lipinski definition) is 2. The Morgan fingerprint density at radius 1 is 1.36 bits per heavy atom. The fraction of sp³-hybridized carbons (Fsp3) is 1.00. The monoisotopic (exact) mass is 214 g/mol. The van der Waals surface area contributed by atoms with Gasteiger partial charge in [-0.25, -0.2) is 0 Å². The Morgan fingerprint density at radius 2 is 2.07 bits per heavy atom. The molecule has 2 heteroatoms. The molecule has 1 saturated carbocycles. The molecule has 1 saturated heterocycles. The van der Waals surface area contributed by atoms with E-state index in [1.54, 1.807) is 0 Å². The molecule has 14 heavy (non-hydrogen) atoms. The van der Waals surface area contributed by atoms with E-state index in [1.807, 2.05) is 0 Å². The molecule has 0 aromatic rings. The summed E-state index contributed by atoms with van der Waals surface area (Å²) in [6, 6.07) is 0. The highest BCUT2D eigenvalue weighted by Gasteiger charge is 2.46. The molecule has 1 heterocycles. The maximum absolute atomic E-state index is 10.6. The van der Waals surface area contributed by atoms with E-state index in [9.17, 15) is 5.11 Å². The van der Waals surface area contributed by atoms with Crippen molar-refractivity contribution in [3.8, 4) is 0 Å². The van der Waals surface area contributed by atoms with E-state index in [1.165, 1.54) is 25.7 Å². The third-order valence-corrected chi connectivity index (χ3v) is 5.60. The summed E-state index contributed by atoms with van der Waals surface area (Å²) in [7, 11) is 0. The van der Waals surface area contributed by atoms with Gasteiger partial charge in [0.25, 0.3) is 0 Å². The van der Waals surface area contributed by atoms with Gasteiger partial charge < -0.3 is 5.11 Å². The minimum atomic E-state index is -0.338. The predicted molar refractivity (Wildman–Crippen MR) is 62.7 cm³/mol. The summed E-state index contributed by atoms with van der Waals surface area (Å²) in [6.45, 7) is 4.42. The van der Waals surface area contributed by atoms with Gasteiger partial charge in [0.05, 0.1) is 5.60 Å². The molecule has 2 fully saturated rings. The second kappa shape index (κ2) is 4.05. The average Bonchev–Trinajstić information content (AvgIpc) is 2.17. The molecule has 0 spiro atoms. The summed E-state index contributed by atoms with van der Waals surface area (Å²) in [5, 5.41) is 12.0. The van der Waals surface area contributed by atoms with Gasteiger partial charge in [-0.1, -0.05) is 26.7 Å². The number of rotatable bonds is 1. The zero-order chi connectivity index (χ0) is 10.2. The van der Waals surface area contributed by atoms with Crippen molar-refractivity contribution in [2.45, 2.75) is 68.5 Å². The highest BCUT2D eigenvalue weighted by Crippen LogP contribution is 2.49. The topological polar surface area (TPSA) is 20.2 Å². The van der Waals surface area contributed by atoms with Crippen molar-refractivity contribution in [2.75, 3.05) is 0 Å². The van der Waals surface area contributed by atoms with Gasteiger partial charge >= 0.3 is 0 Å². The Hall–Kier alpha value is 0.310. The summed E-state index contributed by atoms with van der Waals surface area (Å²) >= 11 is 2.13. The highest BCUT2D eigenvalue weighted by atomic mass is 32.2. The largest absolute Gasteiger partial charge is 0.390 e. The second-order valence-corrected chi connectivity index (χ2v) is 6.72. The van der Waals surface area contributed by atoms with Crippen LogP contribution in [0.15, 0.2) is 0 Å². The number of hydrogen-bond donors (Lipinski definition) is 1. The lowest BCUT2D eigenvalue weighted by atomic mass is 9.72. The van der Waals surface area contributed by atoms with Crippen LogP contribution in [0.2, 0.25) is 0 Å². The quantitative estimate of drug-likeness (QED) is 0.723. The molecule has 1 aliphatic carbocycles. The fourth-order valence-electron chi connectivity index (χ4n) is 3.28. The first-order valence-corrected chi connectivity index (χ1v) is 6.98. The van der Waals surface area contributed by atoms with Gasteiger partial charge in [-0.15, -0.1) is 0 Å². The molecule has 4 atom stereocenters. The molecule has 0 unspecified atom stereocenters. The van der Waals surface area contributed by atoms with Gasteiger partial charge in [-0.05, 0) is 31.6 Å². The Bertz CT molecular complexity index is 206. The maximum atomic E-state index is 10.6. The van der Waals surface area contributed by atoms with E-state index in [2.05, 4.69) is 25.6 Å². The lowest BCUT2D eigenvalue weighted by Gasteiger charge is -2.48. The first-order chi connectivity index (χ1) is 6.65. The van der Waals surface area contributed by atoms with Crippen LogP contribution in [-0.2, 0) is 0 Å². The van der Waals surface area contributed by atoms with Crippen LogP contribution in [0.1, 0.15) is 52.4 Å². The van der Waals surface area contributed by atoms with E-state index in [4.69, 9.17) is 0 Å². The summed E-state index contributed by atoms with van der Waals surface area (Å²) in [5.41, 5.74) is -0.338. The molecule has 0 bridgehead atoms. The van der Waals surface area contributed by atoms with Crippen molar-refractivity contribution in [2.24, 2.45) is 5.92 Å². The molecule has 1 aliphatic heterocycles. The molecular weight excluding hydrogens is 192 g/mol. The van der Waals surface area contributed by atoms with Crippen LogP contribution >= 0.6 is 11.8 Å². The molecule has 1 nitrogen and oxygen atoms in total. The van der Waals surface area contributed by atoms with Crippen molar-refractivity contribution in [3.63, 3.8) is 0 Å². The molecule has 2 aliphatic rings. The Labute approximate surface area is 91.7 Å². The molecule has 1 N–H and O–H groups in total. The third kappa shape index (κ3) is 1.83. The summed E-state index contributed by atoms with van der Waals surface area (Å²) in [6.07, 6.45) is 7.25. The Balaban J connectivity index is 2.15. The van der Waals surface area contributed by atoms with Crippen LogP contribution in [0.5, 0.6) is 0 Å². The van der Waals surface area contributed by atoms with Crippen molar-refractivity contribution in [1.29, 1.82) is 0 Å². The first kappa shape index (κ1) is 10.8. The Kier molecular flexibility index (Phi) is 3.13. The summed E-state index contributed by atoms with van der Waals surface area (Å²) in [5.74, 6) is 0.586. The van der Waals surface area contributed by atoms with Gasteiger partial charge in [-0.3, -0.25) is 0 Å². The third-order valence-electron chi connectivity index (χ3n) is 4.05. The van der Waals surface area contributed by atoms with E-state index < -0.39 is 0 Å². The van der Waals surface area contributed by atoms with E-state index >= 15 is 0 Å². The SMILES string of the molecule is CC[C@@]1(O)C[C@H](C)S[C@H]2CCCC[C@@H]21. The zero-order valence-corrected chi connectivity index (χ0v) is 10.1. The van der Waals surface area contributed by atoms with Crippen LogP contribution in [0.25, 0.3) is 0 Å². The van der Waals surface area contributed by atoms with Crippen molar-refractivity contribution in [1.82, 2.24) is 0 Å². The van der Waals surface area contributed by atoms with Gasteiger partial charge in [0.2, 0.25) is 0 Å². The number of thioether (sulfide) groups is 1. The molecule has 0 amide bonds. The van der Waals surface area contributed by atoms with Crippen LogP contribution in [0.4, 0.5) is 0 Å². The standard InChI is InChI=1S/C12H22OS/c1-3-12(13)8-9(2)14-11-7-5-4-6-10(11)12/h9-11,13H,3-8H2,1-2H3/t9-,10-,11-,12+/m0/s1. The van der Waals surface area contributed by atoms with Crippen LogP contribution in [0.3, 0.4) is 0 Å². The molecule has 0 aromatic heterocycles. The van der Waals surface area contributed by atoms with Gasteiger partial charge in [-0.2, -0.15) is 11.8 Å². The molecule has 2 rings (SSSR count). The van der Waals surface area contributed by atoms with E-state index in [0.29, 0.717) is 11.2 Å². The highest BCUT2D eigenvalue weighted by molar-refractivity contribution is 8.00. The zero-order valence-electron chi connectivity index (χ0n) is 9.33. The van der Waals surface area contributed by atoms with Crippen molar-refractivity contribution in [3.05, 3.63) is 0 Å². The van der Waals surface area contributed by atoms with Crippen molar-refractivity contribution < 1.29 is 5.11 Å². The number of aliphatic hydroxyl groups is 1. The maximum Gasteiger partial charge on any atom is 0.0694 e. The lowest BCUT2D eigenvalue weighted by Crippen LogP contribution is -2.49. The smallest absolute Gasteiger partial charge is 0.0694 e. The van der Waals surface area contributed by atoms with Crippen molar-refractivity contribution >= 4 is 11.8 Å². The van der Waals surface area contributed by atoms with Gasteiger partial charge in [0, 0.05) is 10.5 Å². The van der Waals surface area contributed by atoms with Crippen LogP contribution < -0.4 is 0 Å². The van der Waals surface area contributed by atoms with Gasteiger partial charge in [0.15, 0.2) is 0 Å².